The zero-order chi connectivity index (χ0) is 20.3. The lowest BCUT2D eigenvalue weighted by atomic mass is 9.87. The van der Waals surface area contributed by atoms with E-state index in [2.05, 4.69) is 11.4 Å². The van der Waals surface area contributed by atoms with Gasteiger partial charge in [0.05, 0.1) is 16.5 Å². The number of nitro groups is 1. The fourth-order valence-electron chi connectivity index (χ4n) is 3.51. The van der Waals surface area contributed by atoms with E-state index in [1.807, 2.05) is 18.2 Å². The number of fused-ring (bicyclic) bond motifs is 1. The van der Waals surface area contributed by atoms with Gasteiger partial charge in [-0.2, -0.15) is 0 Å². The Balaban J connectivity index is 1.68. The maximum absolute atomic E-state index is 12.6. The van der Waals surface area contributed by atoms with Crippen LogP contribution in [0.25, 0.3) is 0 Å². The van der Waals surface area contributed by atoms with Crippen LogP contribution >= 0.6 is 0 Å². The zero-order valence-corrected chi connectivity index (χ0v) is 15.8. The quantitative estimate of drug-likeness (QED) is 0.484. The number of benzene rings is 2. The van der Waals surface area contributed by atoms with Gasteiger partial charge in [-0.05, 0) is 50.3 Å². The molecule has 0 saturated carbocycles. The summed E-state index contributed by atoms with van der Waals surface area (Å²) in [5.74, 6) is -1.15. The minimum absolute atomic E-state index is 0.0804. The van der Waals surface area contributed by atoms with Crippen molar-refractivity contribution < 1.29 is 19.2 Å². The van der Waals surface area contributed by atoms with Crippen LogP contribution in [0.3, 0.4) is 0 Å². The maximum atomic E-state index is 12.6. The molecule has 1 aliphatic carbocycles. The molecule has 1 amide bonds. The topological polar surface area (TPSA) is 98.5 Å². The van der Waals surface area contributed by atoms with E-state index in [0.29, 0.717) is 0 Å². The number of carbonyl (C=O) groups is 2. The van der Waals surface area contributed by atoms with Crippen LogP contribution in [0.5, 0.6) is 0 Å². The molecule has 0 radical (unpaired) electrons. The largest absolute Gasteiger partial charge is 0.449 e. The van der Waals surface area contributed by atoms with Crippen molar-refractivity contribution in [2.75, 3.05) is 0 Å². The number of carbonyl (C=O) groups excluding carboxylic acids is 2. The number of ether oxygens (including phenoxy) is 1. The van der Waals surface area contributed by atoms with E-state index in [4.69, 9.17) is 4.74 Å². The molecule has 2 atom stereocenters. The number of amides is 1. The molecule has 0 bridgehead atoms. The Labute approximate surface area is 162 Å². The van der Waals surface area contributed by atoms with Crippen LogP contribution < -0.4 is 5.32 Å². The molecular formula is C21H22N2O5. The fraction of sp³-hybridized carbons (Fsp3) is 0.333. The van der Waals surface area contributed by atoms with Gasteiger partial charge in [-0.15, -0.1) is 0 Å². The Morgan fingerprint density at radius 3 is 2.71 bits per heavy atom. The van der Waals surface area contributed by atoms with Crippen molar-refractivity contribution >= 4 is 17.6 Å². The highest BCUT2D eigenvalue weighted by atomic mass is 16.6. The number of nitrogens with one attached hydrogen (secondary N) is 1. The molecular weight excluding hydrogens is 360 g/mol. The van der Waals surface area contributed by atoms with Crippen molar-refractivity contribution in [2.24, 2.45) is 0 Å². The summed E-state index contributed by atoms with van der Waals surface area (Å²) in [5, 5.41) is 14.0. The summed E-state index contributed by atoms with van der Waals surface area (Å²) in [4.78, 5) is 35.5. The molecule has 0 aromatic heterocycles. The molecule has 1 N–H and O–H groups in total. The first-order valence-corrected chi connectivity index (χ1v) is 9.21. The molecule has 0 heterocycles. The second kappa shape index (κ2) is 8.21. The van der Waals surface area contributed by atoms with Gasteiger partial charge in [-0.3, -0.25) is 14.9 Å². The summed E-state index contributed by atoms with van der Waals surface area (Å²) < 4.78 is 5.27. The van der Waals surface area contributed by atoms with Crippen molar-refractivity contribution in [1.29, 1.82) is 0 Å². The molecule has 0 saturated heterocycles. The van der Waals surface area contributed by atoms with Gasteiger partial charge in [0, 0.05) is 11.6 Å². The third-order valence-corrected chi connectivity index (χ3v) is 5.06. The van der Waals surface area contributed by atoms with E-state index in [1.165, 1.54) is 37.6 Å². The van der Waals surface area contributed by atoms with Gasteiger partial charge in [0.1, 0.15) is 0 Å². The van der Waals surface area contributed by atoms with Gasteiger partial charge in [-0.25, -0.2) is 4.79 Å². The van der Waals surface area contributed by atoms with E-state index in [9.17, 15) is 19.7 Å². The SMILES string of the molecule is Cc1c(C(=O)O[C@@H](C)C(=O)N[C@@H]2CCCc3ccccc32)cccc1[N+](=O)[O-]. The first kappa shape index (κ1) is 19.5. The lowest BCUT2D eigenvalue weighted by Crippen LogP contribution is -2.39. The van der Waals surface area contributed by atoms with Gasteiger partial charge in [-0.1, -0.05) is 30.3 Å². The van der Waals surface area contributed by atoms with Crippen molar-refractivity contribution in [1.82, 2.24) is 5.32 Å². The highest BCUT2D eigenvalue weighted by molar-refractivity contribution is 5.94. The Morgan fingerprint density at radius 1 is 1.21 bits per heavy atom. The molecule has 3 rings (SSSR count). The summed E-state index contributed by atoms with van der Waals surface area (Å²) >= 11 is 0. The van der Waals surface area contributed by atoms with Crippen molar-refractivity contribution in [3.8, 4) is 0 Å². The lowest BCUT2D eigenvalue weighted by Gasteiger charge is -2.27. The first-order chi connectivity index (χ1) is 13.4. The van der Waals surface area contributed by atoms with Crippen LogP contribution in [0, 0.1) is 17.0 Å². The number of hydrogen-bond acceptors (Lipinski definition) is 5. The number of aryl methyl sites for hydroxylation is 1. The van der Waals surface area contributed by atoms with E-state index in [0.717, 1.165) is 24.8 Å². The molecule has 2 aromatic rings. The number of rotatable bonds is 5. The monoisotopic (exact) mass is 382 g/mol. The van der Waals surface area contributed by atoms with Crippen molar-refractivity contribution in [3.63, 3.8) is 0 Å². The normalized spacial score (nSPS) is 16.6. The third-order valence-electron chi connectivity index (χ3n) is 5.06. The Bertz CT molecular complexity index is 925. The molecule has 7 nitrogen and oxygen atoms in total. The third kappa shape index (κ3) is 4.03. The molecule has 7 heteroatoms. The minimum atomic E-state index is -1.01. The summed E-state index contributed by atoms with van der Waals surface area (Å²) in [6.07, 6.45) is 1.77. The van der Waals surface area contributed by atoms with E-state index < -0.39 is 22.9 Å². The molecule has 0 spiro atoms. The molecule has 0 unspecified atom stereocenters. The highest BCUT2D eigenvalue weighted by Gasteiger charge is 2.27. The summed E-state index contributed by atoms with van der Waals surface area (Å²) in [7, 11) is 0. The average Bonchev–Trinajstić information content (AvgIpc) is 2.68. The molecule has 2 aromatic carbocycles. The lowest BCUT2D eigenvalue weighted by molar-refractivity contribution is -0.385. The predicted molar refractivity (Wildman–Crippen MR) is 103 cm³/mol. The molecule has 0 aliphatic heterocycles. The number of nitro benzene ring substituents is 1. The predicted octanol–water partition coefficient (Wildman–Crippen LogP) is 3.64. The van der Waals surface area contributed by atoms with Crippen LogP contribution in [-0.4, -0.2) is 22.9 Å². The van der Waals surface area contributed by atoms with E-state index in [-0.39, 0.29) is 22.9 Å². The Kier molecular flexibility index (Phi) is 5.73. The first-order valence-electron chi connectivity index (χ1n) is 9.21. The molecule has 0 fully saturated rings. The van der Waals surface area contributed by atoms with Crippen molar-refractivity contribution in [2.45, 2.75) is 45.3 Å². The average molecular weight is 382 g/mol. The van der Waals surface area contributed by atoms with E-state index >= 15 is 0 Å². The molecule has 1 aliphatic rings. The van der Waals surface area contributed by atoms with Crippen LogP contribution in [0.2, 0.25) is 0 Å². The summed E-state index contributed by atoms with van der Waals surface area (Å²) in [6.45, 7) is 2.98. The number of hydrogen-bond donors (Lipinski definition) is 1. The Hall–Kier alpha value is -3.22. The van der Waals surface area contributed by atoms with Gasteiger partial charge in [0.25, 0.3) is 11.6 Å². The van der Waals surface area contributed by atoms with Gasteiger partial charge >= 0.3 is 5.97 Å². The minimum Gasteiger partial charge on any atom is -0.449 e. The number of nitrogens with zero attached hydrogens (tertiary/aromatic N) is 1. The van der Waals surface area contributed by atoms with E-state index in [1.54, 1.807) is 0 Å². The summed E-state index contributed by atoms with van der Waals surface area (Å²) in [5.41, 5.74) is 2.44. The second-order valence-corrected chi connectivity index (χ2v) is 6.91. The fourth-order valence-corrected chi connectivity index (χ4v) is 3.51. The maximum Gasteiger partial charge on any atom is 0.339 e. The van der Waals surface area contributed by atoms with Gasteiger partial charge in [0.2, 0.25) is 0 Å². The van der Waals surface area contributed by atoms with Gasteiger partial charge in [0.15, 0.2) is 6.10 Å². The van der Waals surface area contributed by atoms with Crippen molar-refractivity contribution in [3.05, 3.63) is 74.8 Å². The van der Waals surface area contributed by atoms with Crippen LogP contribution in [0.1, 0.15) is 52.9 Å². The molecule has 146 valence electrons. The zero-order valence-electron chi connectivity index (χ0n) is 15.8. The van der Waals surface area contributed by atoms with Crippen LogP contribution in [-0.2, 0) is 16.0 Å². The standard InChI is InChI=1S/C21H22N2O5/c1-13-16(10-6-12-19(13)23(26)27)21(25)28-14(2)20(24)22-18-11-5-8-15-7-3-4-9-17(15)18/h3-4,6-7,9-10,12,14,18H,5,8,11H2,1-2H3,(H,22,24)/t14-,18+/m0/s1. The number of esters is 1. The van der Waals surface area contributed by atoms with Gasteiger partial charge < -0.3 is 10.1 Å². The highest BCUT2D eigenvalue weighted by Crippen LogP contribution is 2.29. The summed E-state index contributed by atoms with van der Waals surface area (Å²) in [6, 6.07) is 12.1. The second-order valence-electron chi connectivity index (χ2n) is 6.91. The Morgan fingerprint density at radius 2 is 1.96 bits per heavy atom. The molecule has 28 heavy (non-hydrogen) atoms. The van der Waals surface area contributed by atoms with Crippen LogP contribution in [0.15, 0.2) is 42.5 Å². The van der Waals surface area contributed by atoms with Crippen LogP contribution in [0.4, 0.5) is 5.69 Å². The smallest absolute Gasteiger partial charge is 0.339 e.